The zero-order chi connectivity index (χ0) is 14.8. The molecule has 2 unspecified atom stereocenters. The number of aryl methyl sites for hydroxylation is 1. The maximum Gasteiger partial charge on any atom is 0.241 e. The van der Waals surface area contributed by atoms with Gasteiger partial charge in [-0.3, -0.25) is 10.1 Å². The van der Waals surface area contributed by atoms with Crippen LogP contribution in [0.15, 0.2) is 12.1 Å². The molecular weight excluding hydrogens is 280 g/mol. The maximum atomic E-state index is 12.4. The van der Waals surface area contributed by atoms with E-state index in [1.54, 1.807) is 11.3 Å². The van der Waals surface area contributed by atoms with Crippen LogP contribution in [0.25, 0.3) is 0 Å². The van der Waals surface area contributed by atoms with Gasteiger partial charge < -0.3 is 4.90 Å². The minimum atomic E-state index is -0.0521. The number of amides is 1. The highest BCUT2D eigenvalue weighted by Gasteiger charge is 2.37. The highest BCUT2D eigenvalue weighted by Crippen LogP contribution is 2.32. The smallest absolute Gasteiger partial charge is 0.241 e. The van der Waals surface area contributed by atoms with E-state index in [1.165, 1.54) is 48.3 Å². The number of nitrogens with one attached hydrogen (secondary N) is 1. The first-order chi connectivity index (χ1) is 10.1. The van der Waals surface area contributed by atoms with Gasteiger partial charge in [0.15, 0.2) is 0 Å². The van der Waals surface area contributed by atoms with E-state index < -0.39 is 0 Å². The van der Waals surface area contributed by atoms with Gasteiger partial charge >= 0.3 is 0 Å². The molecule has 0 aromatic carbocycles. The van der Waals surface area contributed by atoms with E-state index >= 15 is 0 Å². The monoisotopic (exact) mass is 306 g/mol. The molecule has 0 spiro atoms. The van der Waals surface area contributed by atoms with Gasteiger partial charge in [-0.1, -0.05) is 32.1 Å². The molecule has 2 fully saturated rings. The van der Waals surface area contributed by atoms with Gasteiger partial charge in [0, 0.05) is 16.3 Å². The van der Waals surface area contributed by atoms with Crippen LogP contribution in [-0.2, 0) is 4.79 Å². The molecule has 1 N–H and O–H groups in total. The van der Waals surface area contributed by atoms with Gasteiger partial charge in [-0.25, -0.2) is 0 Å². The number of carbonyl (C=O) groups excluding carboxylic acids is 1. The molecule has 1 saturated carbocycles. The number of carbonyl (C=O) groups is 1. The maximum absolute atomic E-state index is 12.4. The molecule has 21 heavy (non-hydrogen) atoms. The molecule has 2 atom stereocenters. The van der Waals surface area contributed by atoms with Crippen molar-refractivity contribution in [3.63, 3.8) is 0 Å². The van der Waals surface area contributed by atoms with Crippen LogP contribution in [0.4, 0.5) is 0 Å². The van der Waals surface area contributed by atoms with Gasteiger partial charge in [0.1, 0.15) is 6.17 Å². The Labute approximate surface area is 131 Å². The highest BCUT2D eigenvalue weighted by molar-refractivity contribution is 7.12. The summed E-state index contributed by atoms with van der Waals surface area (Å²) in [5, 5.41) is 3.46. The third kappa shape index (κ3) is 3.32. The summed E-state index contributed by atoms with van der Waals surface area (Å²) >= 11 is 1.80. The first-order valence-corrected chi connectivity index (χ1v) is 9.09. The lowest BCUT2D eigenvalue weighted by Gasteiger charge is -2.27. The van der Waals surface area contributed by atoms with E-state index in [1.807, 2.05) is 6.92 Å². The van der Waals surface area contributed by atoms with Crippen LogP contribution in [0.5, 0.6) is 0 Å². The van der Waals surface area contributed by atoms with E-state index in [0.29, 0.717) is 0 Å². The molecule has 1 aliphatic carbocycles. The van der Waals surface area contributed by atoms with Crippen molar-refractivity contribution in [1.82, 2.24) is 10.2 Å². The van der Waals surface area contributed by atoms with Crippen molar-refractivity contribution in [2.75, 3.05) is 6.54 Å². The average Bonchev–Trinajstić information content (AvgIpc) is 3.03. The Hall–Kier alpha value is -0.870. The van der Waals surface area contributed by atoms with Crippen molar-refractivity contribution < 1.29 is 4.79 Å². The van der Waals surface area contributed by atoms with Crippen LogP contribution >= 0.6 is 11.3 Å². The van der Waals surface area contributed by atoms with Crippen LogP contribution < -0.4 is 5.32 Å². The summed E-state index contributed by atoms with van der Waals surface area (Å²) < 4.78 is 0. The van der Waals surface area contributed by atoms with Crippen molar-refractivity contribution in [2.45, 2.75) is 64.6 Å². The van der Waals surface area contributed by atoms with Crippen LogP contribution in [0, 0.1) is 12.8 Å². The number of nitrogens with zero attached hydrogens (tertiary/aromatic N) is 1. The first-order valence-electron chi connectivity index (χ1n) is 8.28. The fourth-order valence-corrected chi connectivity index (χ4v) is 4.60. The van der Waals surface area contributed by atoms with Gasteiger partial charge in [0.25, 0.3) is 0 Å². The molecule has 1 aromatic heterocycles. The topological polar surface area (TPSA) is 32.3 Å². The van der Waals surface area contributed by atoms with Crippen LogP contribution in [0.1, 0.15) is 61.4 Å². The lowest BCUT2D eigenvalue weighted by Crippen LogP contribution is -2.32. The van der Waals surface area contributed by atoms with Crippen molar-refractivity contribution in [3.05, 3.63) is 21.9 Å². The Morgan fingerprint density at radius 2 is 2.05 bits per heavy atom. The molecule has 3 nitrogen and oxygen atoms in total. The fourth-order valence-electron chi connectivity index (χ4n) is 3.65. The van der Waals surface area contributed by atoms with Crippen LogP contribution in [0.2, 0.25) is 0 Å². The van der Waals surface area contributed by atoms with E-state index in [9.17, 15) is 4.79 Å². The molecule has 1 saturated heterocycles. The minimum Gasteiger partial charge on any atom is -0.321 e. The van der Waals surface area contributed by atoms with Crippen LogP contribution in [-0.4, -0.2) is 23.4 Å². The second kappa shape index (κ2) is 6.49. The molecule has 116 valence electrons. The third-order valence-corrected chi connectivity index (χ3v) is 5.96. The Balaban J connectivity index is 1.66. The summed E-state index contributed by atoms with van der Waals surface area (Å²) in [5.74, 6) is 1.09. The summed E-state index contributed by atoms with van der Waals surface area (Å²) in [6.45, 7) is 5.01. The predicted molar refractivity (Wildman–Crippen MR) is 87.3 cm³/mol. The number of thiophene rings is 1. The molecule has 0 bridgehead atoms. The van der Waals surface area contributed by atoms with Gasteiger partial charge in [0.2, 0.25) is 5.91 Å². The first kappa shape index (κ1) is 15.0. The Kier molecular flexibility index (Phi) is 4.65. The van der Waals surface area contributed by atoms with Crippen LogP contribution in [0.3, 0.4) is 0 Å². The number of hydrogen-bond acceptors (Lipinski definition) is 3. The van der Waals surface area contributed by atoms with Crippen molar-refractivity contribution in [3.8, 4) is 0 Å². The summed E-state index contributed by atoms with van der Waals surface area (Å²) in [6.07, 6.45) is 8.12. The summed E-state index contributed by atoms with van der Waals surface area (Å²) in [5.41, 5.74) is 0. The van der Waals surface area contributed by atoms with Gasteiger partial charge in [0.05, 0.1) is 6.04 Å². The largest absolute Gasteiger partial charge is 0.321 e. The second-order valence-electron chi connectivity index (χ2n) is 6.56. The summed E-state index contributed by atoms with van der Waals surface area (Å²) in [6, 6.07) is 4.26. The zero-order valence-electron chi connectivity index (χ0n) is 13.1. The molecule has 3 rings (SSSR count). The Bertz CT molecular complexity index is 493. The SMILES string of the molecule is Cc1ccc(C2NC(C)C(=O)N2CCC2CCCCC2)s1. The van der Waals surface area contributed by atoms with E-state index in [4.69, 9.17) is 0 Å². The van der Waals surface area contributed by atoms with Gasteiger partial charge in [-0.05, 0) is 38.3 Å². The minimum absolute atomic E-state index is 0.0521. The van der Waals surface area contributed by atoms with Crippen molar-refractivity contribution in [2.24, 2.45) is 5.92 Å². The molecule has 1 aromatic rings. The standard InChI is InChI=1S/C17H26N2OS/c1-12-8-9-15(21-12)16-18-13(2)17(20)19(16)11-10-14-6-4-3-5-7-14/h8-9,13-14,16,18H,3-7,10-11H2,1-2H3. The second-order valence-corrected chi connectivity index (χ2v) is 7.88. The van der Waals surface area contributed by atoms with Crippen molar-refractivity contribution in [1.29, 1.82) is 0 Å². The third-order valence-electron chi connectivity index (χ3n) is 4.91. The highest BCUT2D eigenvalue weighted by atomic mass is 32.1. The Morgan fingerprint density at radius 3 is 2.71 bits per heavy atom. The van der Waals surface area contributed by atoms with E-state index in [2.05, 4.69) is 29.3 Å². The van der Waals surface area contributed by atoms with Gasteiger partial charge in [-0.15, -0.1) is 11.3 Å². The molecule has 1 amide bonds. The normalized spacial score (nSPS) is 27.5. The number of rotatable bonds is 4. The molecular formula is C17H26N2OS. The summed E-state index contributed by atoms with van der Waals surface area (Å²) in [7, 11) is 0. The Morgan fingerprint density at radius 1 is 1.29 bits per heavy atom. The molecule has 2 heterocycles. The van der Waals surface area contributed by atoms with E-state index in [0.717, 1.165) is 12.5 Å². The number of hydrogen-bond donors (Lipinski definition) is 1. The van der Waals surface area contributed by atoms with Crippen molar-refractivity contribution >= 4 is 17.2 Å². The molecule has 4 heteroatoms. The molecule has 2 aliphatic rings. The zero-order valence-corrected chi connectivity index (χ0v) is 13.9. The lowest BCUT2D eigenvalue weighted by atomic mass is 9.87. The summed E-state index contributed by atoms with van der Waals surface area (Å²) in [4.78, 5) is 17.1. The predicted octanol–water partition coefficient (Wildman–Crippen LogP) is 3.85. The van der Waals surface area contributed by atoms with Gasteiger partial charge in [-0.2, -0.15) is 0 Å². The lowest BCUT2D eigenvalue weighted by molar-refractivity contribution is -0.130. The quantitative estimate of drug-likeness (QED) is 0.916. The average molecular weight is 306 g/mol. The van der Waals surface area contributed by atoms with E-state index in [-0.39, 0.29) is 18.1 Å². The molecule has 0 radical (unpaired) electrons. The fraction of sp³-hybridized carbons (Fsp3) is 0.706. The molecule has 1 aliphatic heterocycles.